The molecule has 32 heavy (non-hydrogen) atoms. The Morgan fingerprint density at radius 3 is 2.53 bits per heavy atom. The van der Waals surface area contributed by atoms with E-state index in [9.17, 15) is 29.7 Å². The second-order valence-electron chi connectivity index (χ2n) is 10.3. The quantitative estimate of drug-likeness (QED) is 0.280. The summed E-state index contributed by atoms with van der Waals surface area (Å²) in [5.74, 6) is -2.71. The Kier molecular flexibility index (Phi) is 6.44. The van der Waals surface area contributed by atoms with E-state index in [1.807, 2.05) is 0 Å². The van der Waals surface area contributed by atoms with Gasteiger partial charge in [0.05, 0.1) is 11.8 Å². The number of allylic oxidation sites excluding steroid dienone is 4. The first-order valence-electron chi connectivity index (χ1n) is 11.4. The third-order valence-electron chi connectivity index (χ3n) is 8.53. The van der Waals surface area contributed by atoms with Crippen molar-refractivity contribution < 1.29 is 29.7 Å². The molecule has 176 valence electrons. The van der Waals surface area contributed by atoms with Gasteiger partial charge in [-0.2, -0.15) is 0 Å². The van der Waals surface area contributed by atoms with Crippen LogP contribution in [0.3, 0.4) is 0 Å². The minimum Gasteiger partial charge on any atom is -0.505 e. The maximum atomic E-state index is 12.8. The molecule has 0 aromatic rings. The zero-order valence-electron chi connectivity index (χ0n) is 19.6. The van der Waals surface area contributed by atoms with E-state index in [1.54, 1.807) is 0 Å². The lowest BCUT2D eigenvalue weighted by molar-refractivity contribution is -0.141. The zero-order valence-corrected chi connectivity index (χ0v) is 19.6. The van der Waals surface area contributed by atoms with Gasteiger partial charge in [-0.05, 0) is 68.6 Å². The predicted molar refractivity (Wildman–Crippen MR) is 120 cm³/mol. The van der Waals surface area contributed by atoms with Crippen molar-refractivity contribution in [3.05, 3.63) is 34.8 Å². The van der Waals surface area contributed by atoms with E-state index in [4.69, 9.17) is 0 Å². The lowest BCUT2D eigenvalue weighted by Gasteiger charge is -2.58. The minimum atomic E-state index is -1.43. The van der Waals surface area contributed by atoms with E-state index in [1.165, 1.54) is 12.5 Å². The lowest BCUT2D eigenvalue weighted by Crippen LogP contribution is -2.50. The molecule has 0 aliphatic heterocycles. The minimum absolute atomic E-state index is 0.00898. The van der Waals surface area contributed by atoms with Crippen molar-refractivity contribution >= 4 is 17.5 Å². The molecule has 7 heteroatoms. The molecule has 0 unspecified atom stereocenters. The van der Waals surface area contributed by atoms with Crippen molar-refractivity contribution in [1.29, 1.82) is 0 Å². The van der Waals surface area contributed by atoms with Gasteiger partial charge in [-0.3, -0.25) is 9.59 Å². The van der Waals surface area contributed by atoms with Gasteiger partial charge in [0.1, 0.15) is 5.76 Å². The van der Waals surface area contributed by atoms with E-state index >= 15 is 0 Å². The molecule has 0 saturated heterocycles. The number of fused-ring (bicyclic) bond motifs is 1. The molecule has 6 atom stereocenters. The highest BCUT2D eigenvalue weighted by atomic mass is 16.4. The Morgan fingerprint density at radius 1 is 1.28 bits per heavy atom. The molecule has 0 aromatic carbocycles. The van der Waals surface area contributed by atoms with Crippen LogP contribution in [0.4, 0.5) is 0 Å². The number of Topliss-reactive ketones (excluding diaryl/α,β-unsaturated/α-hetero) is 1. The van der Waals surface area contributed by atoms with Gasteiger partial charge in [0.25, 0.3) is 0 Å². The first-order valence-corrected chi connectivity index (χ1v) is 11.4. The third-order valence-corrected chi connectivity index (χ3v) is 8.53. The van der Waals surface area contributed by atoms with Gasteiger partial charge >= 0.3 is 5.97 Å². The maximum absolute atomic E-state index is 12.8. The normalized spacial score (nSPS) is 34.9. The van der Waals surface area contributed by atoms with Crippen molar-refractivity contribution in [1.82, 2.24) is 5.32 Å². The van der Waals surface area contributed by atoms with Crippen LogP contribution in [0.2, 0.25) is 0 Å². The van der Waals surface area contributed by atoms with Crippen molar-refractivity contribution in [3.8, 4) is 0 Å². The summed E-state index contributed by atoms with van der Waals surface area (Å²) in [5.41, 5.74) is 0.947. The Hall–Kier alpha value is -2.41. The second kappa shape index (κ2) is 8.50. The number of carbonyl (C=O) groups is 3. The summed E-state index contributed by atoms with van der Waals surface area (Å²) in [7, 11) is 0. The molecule has 3 aliphatic rings. The molecule has 3 aliphatic carbocycles. The molecular formula is C25H35NO6. The average molecular weight is 446 g/mol. The Bertz CT molecular complexity index is 929. The topological polar surface area (TPSA) is 124 Å². The Balaban J connectivity index is 2.00. The van der Waals surface area contributed by atoms with Crippen LogP contribution in [0.1, 0.15) is 66.7 Å². The van der Waals surface area contributed by atoms with Crippen LogP contribution in [-0.4, -0.2) is 45.0 Å². The molecule has 0 heterocycles. The largest absolute Gasteiger partial charge is 0.505 e. The highest BCUT2D eigenvalue weighted by molar-refractivity contribution is 6.48. The number of aliphatic hydroxyl groups is 2. The van der Waals surface area contributed by atoms with E-state index in [0.29, 0.717) is 5.92 Å². The number of aliphatic hydroxyl groups excluding tert-OH is 2. The number of hydrogen-bond donors (Lipinski definition) is 4. The molecule has 0 amide bonds. The van der Waals surface area contributed by atoms with Gasteiger partial charge in [-0.1, -0.05) is 32.4 Å². The first kappa shape index (κ1) is 24.2. The van der Waals surface area contributed by atoms with Gasteiger partial charge in [0.2, 0.25) is 11.6 Å². The monoisotopic (exact) mass is 445 g/mol. The molecule has 4 N–H and O–H groups in total. The summed E-state index contributed by atoms with van der Waals surface area (Å²) in [6, 6.07) is -1.43. The van der Waals surface area contributed by atoms with E-state index in [-0.39, 0.29) is 34.4 Å². The van der Waals surface area contributed by atoms with Crippen LogP contribution in [-0.2, 0) is 14.4 Å². The molecule has 7 nitrogen and oxygen atoms in total. The standard InChI is InChI=1S/C25H35NO6/c1-13-7-6-8-19-24(13,4)10-9-14(2)25(19,5)12-16-21(29)17(11-18(28)22(16)30)26-20(15(3)27)23(31)32/h7,11,14-15,19-20,26-27,29H,6,8-10,12H2,1-5H3,(H,31,32)/t14-,15+,19+,20-,24+,25+/m0/s1. The van der Waals surface area contributed by atoms with Crippen LogP contribution >= 0.6 is 0 Å². The van der Waals surface area contributed by atoms with E-state index < -0.39 is 35.4 Å². The molecule has 1 fully saturated rings. The zero-order chi connectivity index (χ0) is 24.0. The van der Waals surface area contributed by atoms with Gasteiger partial charge in [0.15, 0.2) is 6.04 Å². The fourth-order valence-electron chi connectivity index (χ4n) is 6.10. The summed E-state index contributed by atoms with van der Waals surface area (Å²) in [5, 5.41) is 32.6. The first-order chi connectivity index (χ1) is 14.8. The molecule has 0 bridgehead atoms. The molecule has 0 spiro atoms. The van der Waals surface area contributed by atoms with Gasteiger partial charge in [-0.25, -0.2) is 4.79 Å². The number of carboxylic acid groups (broad SMARTS) is 1. The number of carboxylic acids is 1. The fraction of sp³-hybridized carbons (Fsp3) is 0.640. The van der Waals surface area contributed by atoms with E-state index in [0.717, 1.165) is 31.8 Å². The number of nitrogens with one attached hydrogen (secondary N) is 1. The number of aliphatic carboxylic acids is 1. The third kappa shape index (κ3) is 3.91. The van der Waals surface area contributed by atoms with Gasteiger partial charge in [0, 0.05) is 11.6 Å². The van der Waals surface area contributed by atoms with Gasteiger partial charge < -0.3 is 20.6 Å². The SMILES string of the molecule is CC1=CCC[C@H]2[C@](C)(CC3=C(O)C(N[C@H](C(=O)O)[C@@H](C)O)=CC(=O)C3=O)[C@@H](C)CC[C@]12C. The number of rotatable bonds is 6. The van der Waals surface area contributed by atoms with Crippen LogP contribution in [0.15, 0.2) is 34.8 Å². The van der Waals surface area contributed by atoms with Crippen LogP contribution < -0.4 is 5.32 Å². The molecule has 3 rings (SSSR count). The summed E-state index contributed by atoms with van der Waals surface area (Å²) in [6.07, 6.45) is 6.18. The number of carbonyl (C=O) groups excluding carboxylic acids is 2. The smallest absolute Gasteiger partial charge is 0.328 e. The second-order valence-corrected chi connectivity index (χ2v) is 10.3. The molecule has 0 aromatic heterocycles. The number of hydrogen-bond acceptors (Lipinski definition) is 6. The highest BCUT2D eigenvalue weighted by Crippen LogP contribution is 2.62. The molecule has 0 radical (unpaired) electrons. The van der Waals surface area contributed by atoms with Crippen LogP contribution in [0.5, 0.6) is 0 Å². The maximum Gasteiger partial charge on any atom is 0.328 e. The fourth-order valence-corrected chi connectivity index (χ4v) is 6.10. The Morgan fingerprint density at radius 2 is 1.94 bits per heavy atom. The van der Waals surface area contributed by atoms with Crippen molar-refractivity contribution in [2.24, 2.45) is 22.7 Å². The summed E-state index contributed by atoms with van der Waals surface area (Å²) in [4.78, 5) is 36.8. The lowest BCUT2D eigenvalue weighted by atomic mass is 9.46. The van der Waals surface area contributed by atoms with E-state index in [2.05, 4.69) is 39.1 Å². The van der Waals surface area contributed by atoms with Crippen LogP contribution in [0.25, 0.3) is 0 Å². The van der Waals surface area contributed by atoms with Crippen molar-refractivity contribution in [3.63, 3.8) is 0 Å². The highest BCUT2D eigenvalue weighted by Gasteiger charge is 2.54. The summed E-state index contributed by atoms with van der Waals surface area (Å²) >= 11 is 0. The summed E-state index contributed by atoms with van der Waals surface area (Å²) in [6.45, 7) is 10.1. The Labute approximate surface area is 189 Å². The van der Waals surface area contributed by atoms with Crippen molar-refractivity contribution in [2.45, 2.75) is 78.9 Å². The predicted octanol–water partition coefficient (Wildman–Crippen LogP) is 3.45. The molecular weight excluding hydrogens is 410 g/mol. The van der Waals surface area contributed by atoms with Crippen LogP contribution in [0, 0.1) is 22.7 Å². The van der Waals surface area contributed by atoms with Gasteiger partial charge in [-0.15, -0.1) is 0 Å². The molecule has 1 saturated carbocycles. The average Bonchev–Trinajstić information content (AvgIpc) is 2.71. The number of ketones is 2. The summed E-state index contributed by atoms with van der Waals surface area (Å²) < 4.78 is 0. The van der Waals surface area contributed by atoms with Crippen molar-refractivity contribution in [2.75, 3.05) is 0 Å².